The first-order chi connectivity index (χ1) is 7.03. The molecule has 0 aliphatic heterocycles. The van der Waals surface area contributed by atoms with Crippen LogP contribution >= 0.6 is 11.3 Å². The lowest BCUT2D eigenvalue weighted by atomic mass is 10.00. The number of thiophene rings is 1. The standard InChI is InChI=1S/C12H21NOS/c1-10(7-12(2,3)14-4)13-8-11-5-6-15-9-11/h5-6,9-10,13H,7-8H2,1-4H3. The molecule has 0 aromatic carbocycles. The summed E-state index contributed by atoms with van der Waals surface area (Å²) in [6, 6.07) is 2.63. The summed E-state index contributed by atoms with van der Waals surface area (Å²) < 4.78 is 5.41. The van der Waals surface area contributed by atoms with Gasteiger partial charge in [0.05, 0.1) is 5.60 Å². The fourth-order valence-electron chi connectivity index (χ4n) is 1.58. The van der Waals surface area contributed by atoms with Gasteiger partial charge in [0, 0.05) is 19.7 Å². The van der Waals surface area contributed by atoms with Crippen LogP contribution in [0.4, 0.5) is 0 Å². The van der Waals surface area contributed by atoms with Crippen LogP contribution in [0.1, 0.15) is 32.8 Å². The van der Waals surface area contributed by atoms with Crippen molar-refractivity contribution in [2.75, 3.05) is 7.11 Å². The van der Waals surface area contributed by atoms with E-state index in [1.165, 1.54) is 5.56 Å². The fraction of sp³-hybridized carbons (Fsp3) is 0.667. The van der Waals surface area contributed by atoms with Crippen LogP contribution in [0.2, 0.25) is 0 Å². The van der Waals surface area contributed by atoms with Crippen LogP contribution in [0.5, 0.6) is 0 Å². The monoisotopic (exact) mass is 227 g/mol. The highest BCUT2D eigenvalue weighted by Gasteiger charge is 2.19. The first-order valence-electron chi connectivity index (χ1n) is 5.33. The average Bonchev–Trinajstić information content (AvgIpc) is 2.66. The number of rotatable bonds is 6. The van der Waals surface area contributed by atoms with E-state index in [9.17, 15) is 0 Å². The first kappa shape index (κ1) is 12.7. The number of nitrogens with one attached hydrogen (secondary N) is 1. The van der Waals surface area contributed by atoms with Crippen molar-refractivity contribution in [3.8, 4) is 0 Å². The Bertz CT molecular complexity index is 269. The van der Waals surface area contributed by atoms with E-state index in [1.807, 2.05) is 0 Å². The molecule has 0 fully saturated rings. The van der Waals surface area contributed by atoms with E-state index in [4.69, 9.17) is 4.74 Å². The van der Waals surface area contributed by atoms with Crippen LogP contribution in [0.15, 0.2) is 16.8 Å². The Morgan fingerprint density at radius 2 is 2.27 bits per heavy atom. The summed E-state index contributed by atoms with van der Waals surface area (Å²) >= 11 is 1.74. The Balaban J connectivity index is 2.27. The molecule has 0 saturated carbocycles. The third-order valence-corrected chi connectivity index (χ3v) is 3.32. The van der Waals surface area contributed by atoms with Gasteiger partial charge in [-0.25, -0.2) is 0 Å². The second kappa shape index (κ2) is 5.64. The molecule has 2 nitrogen and oxygen atoms in total. The van der Waals surface area contributed by atoms with Crippen molar-refractivity contribution >= 4 is 11.3 Å². The second-order valence-electron chi connectivity index (χ2n) is 4.58. The summed E-state index contributed by atoms with van der Waals surface area (Å²) in [5, 5.41) is 7.80. The highest BCUT2D eigenvalue weighted by molar-refractivity contribution is 7.07. The minimum atomic E-state index is -0.0406. The number of methoxy groups -OCH3 is 1. The van der Waals surface area contributed by atoms with Crippen molar-refractivity contribution in [1.29, 1.82) is 0 Å². The van der Waals surface area contributed by atoms with Gasteiger partial charge in [0.25, 0.3) is 0 Å². The molecule has 0 saturated heterocycles. The molecule has 1 aromatic rings. The smallest absolute Gasteiger partial charge is 0.0637 e. The topological polar surface area (TPSA) is 21.3 Å². The van der Waals surface area contributed by atoms with Crippen LogP contribution < -0.4 is 5.32 Å². The normalized spacial score (nSPS) is 14.1. The largest absolute Gasteiger partial charge is 0.379 e. The maximum Gasteiger partial charge on any atom is 0.0637 e. The first-order valence-corrected chi connectivity index (χ1v) is 6.27. The molecule has 3 heteroatoms. The van der Waals surface area contributed by atoms with Gasteiger partial charge >= 0.3 is 0 Å². The molecule has 0 amide bonds. The highest BCUT2D eigenvalue weighted by Crippen LogP contribution is 2.15. The SMILES string of the molecule is COC(C)(C)CC(C)NCc1ccsc1. The van der Waals surface area contributed by atoms with Crippen LogP contribution in [0, 0.1) is 0 Å². The van der Waals surface area contributed by atoms with Crippen molar-refractivity contribution in [3.05, 3.63) is 22.4 Å². The van der Waals surface area contributed by atoms with E-state index in [1.54, 1.807) is 18.4 Å². The number of hydrogen-bond donors (Lipinski definition) is 1. The summed E-state index contributed by atoms with van der Waals surface area (Å²) in [4.78, 5) is 0. The minimum Gasteiger partial charge on any atom is -0.379 e. The molecular weight excluding hydrogens is 206 g/mol. The molecular formula is C12H21NOS. The number of ether oxygens (including phenoxy) is 1. The van der Waals surface area contributed by atoms with Gasteiger partial charge in [-0.3, -0.25) is 0 Å². The molecule has 0 spiro atoms. The molecule has 1 aromatic heterocycles. The summed E-state index contributed by atoms with van der Waals surface area (Å²) in [5.74, 6) is 0. The lowest BCUT2D eigenvalue weighted by molar-refractivity contribution is 0.00845. The Labute approximate surface area is 96.7 Å². The van der Waals surface area contributed by atoms with Crippen molar-refractivity contribution in [2.45, 2.75) is 45.4 Å². The van der Waals surface area contributed by atoms with Crippen molar-refractivity contribution < 1.29 is 4.74 Å². The van der Waals surface area contributed by atoms with Gasteiger partial charge in [0.1, 0.15) is 0 Å². The molecule has 1 atom stereocenters. The molecule has 0 aliphatic carbocycles. The van der Waals surface area contributed by atoms with E-state index in [0.29, 0.717) is 6.04 Å². The molecule has 1 rings (SSSR count). The molecule has 15 heavy (non-hydrogen) atoms. The van der Waals surface area contributed by atoms with E-state index >= 15 is 0 Å². The Morgan fingerprint density at radius 1 is 1.53 bits per heavy atom. The maximum absolute atomic E-state index is 5.41. The molecule has 1 N–H and O–H groups in total. The molecule has 0 radical (unpaired) electrons. The lowest BCUT2D eigenvalue weighted by Gasteiger charge is -2.27. The zero-order valence-corrected chi connectivity index (χ0v) is 10.9. The van der Waals surface area contributed by atoms with Gasteiger partial charge in [-0.2, -0.15) is 11.3 Å². The molecule has 1 unspecified atom stereocenters. The van der Waals surface area contributed by atoms with E-state index in [0.717, 1.165) is 13.0 Å². The molecule has 1 heterocycles. The predicted octanol–water partition coefficient (Wildman–Crippen LogP) is 3.04. The Hall–Kier alpha value is -0.380. The zero-order chi connectivity index (χ0) is 11.3. The summed E-state index contributed by atoms with van der Waals surface area (Å²) in [7, 11) is 1.77. The quantitative estimate of drug-likeness (QED) is 0.806. The van der Waals surface area contributed by atoms with Gasteiger partial charge in [0.2, 0.25) is 0 Å². The van der Waals surface area contributed by atoms with Crippen LogP contribution in [-0.4, -0.2) is 18.8 Å². The number of hydrogen-bond acceptors (Lipinski definition) is 3. The van der Waals surface area contributed by atoms with Gasteiger partial charge in [-0.1, -0.05) is 0 Å². The summed E-state index contributed by atoms with van der Waals surface area (Å²) in [6.45, 7) is 7.39. The Morgan fingerprint density at radius 3 is 2.80 bits per heavy atom. The average molecular weight is 227 g/mol. The second-order valence-corrected chi connectivity index (χ2v) is 5.36. The van der Waals surface area contributed by atoms with Gasteiger partial charge in [-0.15, -0.1) is 0 Å². The highest BCUT2D eigenvalue weighted by atomic mass is 32.1. The van der Waals surface area contributed by atoms with Crippen molar-refractivity contribution in [3.63, 3.8) is 0 Å². The third-order valence-electron chi connectivity index (χ3n) is 2.59. The van der Waals surface area contributed by atoms with Crippen molar-refractivity contribution in [1.82, 2.24) is 5.32 Å². The minimum absolute atomic E-state index is 0.0406. The summed E-state index contributed by atoms with van der Waals surface area (Å²) in [6.07, 6.45) is 1.02. The zero-order valence-electron chi connectivity index (χ0n) is 10.0. The van der Waals surface area contributed by atoms with Crippen LogP contribution in [-0.2, 0) is 11.3 Å². The fourth-order valence-corrected chi connectivity index (χ4v) is 2.25. The molecule has 0 bridgehead atoms. The predicted molar refractivity (Wildman–Crippen MR) is 66.3 cm³/mol. The summed E-state index contributed by atoms with van der Waals surface area (Å²) in [5.41, 5.74) is 1.32. The molecule has 86 valence electrons. The van der Waals surface area contributed by atoms with E-state index in [-0.39, 0.29) is 5.60 Å². The van der Waals surface area contributed by atoms with Crippen LogP contribution in [0.3, 0.4) is 0 Å². The van der Waals surface area contributed by atoms with E-state index < -0.39 is 0 Å². The maximum atomic E-state index is 5.41. The van der Waals surface area contributed by atoms with Gasteiger partial charge < -0.3 is 10.1 Å². The lowest BCUT2D eigenvalue weighted by Crippen LogP contribution is -2.35. The van der Waals surface area contributed by atoms with Gasteiger partial charge in [0.15, 0.2) is 0 Å². The molecule has 0 aliphatic rings. The Kier molecular flexibility index (Phi) is 4.77. The third kappa shape index (κ3) is 4.78. The van der Waals surface area contributed by atoms with Crippen molar-refractivity contribution in [2.24, 2.45) is 0 Å². The van der Waals surface area contributed by atoms with Crippen LogP contribution in [0.25, 0.3) is 0 Å². The van der Waals surface area contributed by atoms with Gasteiger partial charge in [-0.05, 0) is 49.6 Å². The van der Waals surface area contributed by atoms with E-state index in [2.05, 4.69) is 42.9 Å².